The Morgan fingerprint density at radius 3 is 2.88 bits per heavy atom. The lowest BCUT2D eigenvalue weighted by Gasteiger charge is -2.08. The summed E-state index contributed by atoms with van der Waals surface area (Å²) in [5.41, 5.74) is 3.39. The molecule has 0 saturated carbocycles. The SMILES string of the molecule is CCc1cc(-c2ccnc(Cl)c2)n(-c2cc(F)c3sccc3c2)n1. The molecule has 0 amide bonds. The zero-order valence-corrected chi connectivity index (χ0v) is 14.4. The van der Waals surface area contributed by atoms with Crippen molar-refractivity contribution in [3.8, 4) is 16.9 Å². The van der Waals surface area contributed by atoms with Crippen molar-refractivity contribution in [3.63, 3.8) is 0 Å². The third kappa shape index (κ3) is 2.60. The average molecular weight is 358 g/mol. The predicted octanol–water partition coefficient (Wildman–Crippen LogP) is 5.50. The van der Waals surface area contributed by atoms with Crippen LogP contribution in [0.4, 0.5) is 4.39 Å². The fraction of sp³-hybridized carbons (Fsp3) is 0.111. The lowest BCUT2D eigenvalue weighted by atomic mass is 10.1. The lowest BCUT2D eigenvalue weighted by Crippen LogP contribution is -2.00. The van der Waals surface area contributed by atoms with Crippen LogP contribution >= 0.6 is 22.9 Å². The number of benzene rings is 1. The van der Waals surface area contributed by atoms with E-state index in [0.29, 0.717) is 15.5 Å². The Labute approximate surface area is 147 Å². The molecule has 0 atom stereocenters. The van der Waals surface area contributed by atoms with E-state index in [-0.39, 0.29) is 5.82 Å². The maximum atomic E-state index is 14.4. The Bertz CT molecular complexity index is 1040. The highest BCUT2D eigenvalue weighted by molar-refractivity contribution is 7.17. The van der Waals surface area contributed by atoms with Gasteiger partial charge in [0, 0.05) is 17.8 Å². The molecule has 4 rings (SSSR count). The molecule has 0 saturated heterocycles. The molecule has 0 N–H and O–H groups in total. The Kier molecular flexibility index (Phi) is 3.82. The first-order valence-electron chi connectivity index (χ1n) is 7.53. The van der Waals surface area contributed by atoms with Gasteiger partial charge in [-0.1, -0.05) is 18.5 Å². The van der Waals surface area contributed by atoms with Crippen LogP contribution in [0.1, 0.15) is 12.6 Å². The van der Waals surface area contributed by atoms with E-state index in [1.807, 2.05) is 36.6 Å². The van der Waals surface area contributed by atoms with Crippen LogP contribution in [-0.4, -0.2) is 14.8 Å². The number of aryl methyl sites for hydroxylation is 1. The molecule has 1 aromatic carbocycles. The molecule has 0 aliphatic carbocycles. The van der Waals surface area contributed by atoms with E-state index in [1.165, 1.54) is 17.4 Å². The number of pyridine rings is 1. The van der Waals surface area contributed by atoms with Gasteiger partial charge < -0.3 is 0 Å². The summed E-state index contributed by atoms with van der Waals surface area (Å²) in [6, 6.07) is 11.1. The van der Waals surface area contributed by atoms with Gasteiger partial charge in [-0.2, -0.15) is 5.10 Å². The standard InChI is InChI=1S/C18H13ClFN3S/c1-2-13-9-16(11-3-5-21-17(19)8-11)23(22-13)14-7-12-4-6-24-18(12)15(20)10-14/h3-10H,2H2,1H3. The van der Waals surface area contributed by atoms with Gasteiger partial charge >= 0.3 is 0 Å². The zero-order chi connectivity index (χ0) is 16.7. The second-order valence-electron chi connectivity index (χ2n) is 5.42. The lowest BCUT2D eigenvalue weighted by molar-refractivity contribution is 0.639. The van der Waals surface area contributed by atoms with Gasteiger partial charge in [-0.25, -0.2) is 14.1 Å². The molecular formula is C18H13ClFN3S. The third-order valence-corrected chi connectivity index (χ3v) is 5.02. The van der Waals surface area contributed by atoms with E-state index in [4.69, 9.17) is 11.6 Å². The first-order valence-corrected chi connectivity index (χ1v) is 8.79. The number of nitrogens with zero attached hydrogens (tertiary/aromatic N) is 3. The molecule has 0 aliphatic rings. The van der Waals surface area contributed by atoms with Gasteiger partial charge in [0.05, 0.1) is 21.8 Å². The number of hydrogen-bond donors (Lipinski definition) is 0. The highest BCUT2D eigenvalue weighted by atomic mass is 35.5. The number of halogens is 2. The number of hydrogen-bond acceptors (Lipinski definition) is 3. The Hall–Kier alpha value is -2.24. The first-order chi connectivity index (χ1) is 11.7. The highest BCUT2D eigenvalue weighted by Crippen LogP contribution is 2.30. The van der Waals surface area contributed by atoms with Crippen LogP contribution in [-0.2, 0) is 6.42 Å². The third-order valence-electron chi connectivity index (χ3n) is 3.88. The second-order valence-corrected chi connectivity index (χ2v) is 6.72. The summed E-state index contributed by atoms with van der Waals surface area (Å²) in [5, 5.41) is 7.81. The molecule has 4 aromatic rings. The van der Waals surface area contributed by atoms with Crippen molar-refractivity contribution in [2.45, 2.75) is 13.3 Å². The second kappa shape index (κ2) is 6.00. The number of thiophene rings is 1. The van der Waals surface area contributed by atoms with Gasteiger partial charge in [-0.05, 0) is 47.5 Å². The molecule has 3 aromatic heterocycles. The molecule has 0 radical (unpaired) electrons. The molecular weight excluding hydrogens is 345 g/mol. The van der Waals surface area contributed by atoms with Gasteiger partial charge in [0.25, 0.3) is 0 Å². The first kappa shape index (κ1) is 15.3. The molecule has 0 unspecified atom stereocenters. The summed E-state index contributed by atoms with van der Waals surface area (Å²) in [5.74, 6) is -0.232. The molecule has 0 bridgehead atoms. The summed E-state index contributed by atoms with van der Waals surface area (Å²) in [6.07, 6.45) is 2.45. The van der Waals surface area contributed by atoms with Gasteiger partial charge in [0.1, 0.15) is 11.0 Å². The minimum Gasteiger partial charge on any atom is -0.245 e. The Morgan fingerprint density at radius 2 is 2.08 bits per heavy atom. The highest BCUT2D eigenvalue weighted by Gasteiger charge is 2.14. The topological polar surface area (TPSA) is 30.7 Å². The van der Waals surface area contributed by atoms with Crippen LogP contribution in [0.3, 0.4) is 0 Å². The maximum Gasteiger partial charge on any atom is 0.143 e. The van der Waals surface area contributed by atoms with Crippen LogP contribution in [0.25, 0.3) is 27.0 Å². The smallest absolute Gasteiger partial charge is 0.143 e. The minimum absolute atomic E-state index is 0.232. The van der Waals surface area contributed by atoms with E-state index in [0.717, 1.165) is 28.8 Å². The quantitative estimate of drug-likeness (QED) is 0.453. The van der Waals surface area contributed by atoms with Crippen LogP contribution in [0, 0.1) is 5.82 Å². The molecule has 120 valence electrons. The summed E-state index contributed by atoms with van der Waals surface area (Å²) in [4.78, 5) is 4.02. The zero-order valence-electron chi connectivity index (χ0n) is 12.8. The predicted molar refractivity (Wildman–Crippen MR) is 96.5 cm³/mol. The Morgan fingerprint density at radius 1 is 1.21 bits per heavy atom. The average Bonchev–Trinajstić information content (AvgIpc) is 3.21. The van der Waals surface area contributed by atoms with Crippen molar-refractivity contribution >= 4 is 33.0 Å². The summed E-state index contributed by atoms with van der Waals surface area (Å²) < 4.78 is 16.8. The van der Waals surface area contributed by atoms with Crippen molar-refractivity contribution in [1.29, 1.82) is 0 Å². The van der Waals surface area contributed by atoms with Gasteiger partial charge in [-0.3, -0.25) is 0 Å². The van der Waals surface area contributed by atoms with E-state index >= 15 is 0 Å². The van der Waals surface area contributed by atoms with E-state index in [1.54, 1.807) is 16.9 Å². The minimum atomic E-state index is -0.232. The van der Waals surface area contributed by atoms with E-state index in [2.05, 4.69) is 10.1 Å². The summed E-state index contributed by atoms with van der Waals surface area (Å²) in [7, 11) is 0. The fourth-order valence-electron chi connectivity index (χ4n) is 2.71. The maximum absolute atomic E-state index is 14.4. The largest absolute Gasteiger partial charge is 0.245 e. The van der Waals surface area contributed by atoms with Crippen LogP contribution in [0.15, 0.2) is 48.0 Å². The van der Waals surface area contributed by atoms with Crippen LogP contribution in [0.2, 0.25) is 5.15 Å². The van der Waals surface area contributed by atoms with Crippen molar-refractivity contribution in [3.05, 3.63) is 64.6 Å². The fourth-order valence-corrected chi connectivity index (χ4v) is 3.67. The van der Waals surface area contributed by atoms with E-state index < -0.39 is 0 Å². The van der Waals surface area contributed by atoms with Crippen molar-refractivity contribution in [2.75, 3.05) is 0 Å². The molecule has 6 heteroatoms. The van der Waals surface area contributed by atoms with Crippen LogP contribution in [0.5, 0.6) is 0 Å². The number of fused-ring (bicyclic) bond motifs is 1. The molecule has 0 aliphatic heterocycles. The van der Waals surface area contributed by atoms with Gasteiger partial charge in [0.2, 0.25) is 0 Å². The van der Waals surface area contributed by atoms with E-state index in [9.17, 15) is 4.39 Å². The van der Waals surface area contributed by atoms with Crippen LogP contribution < -0.4 is 0 Å². The normalized spacial score (nSPS) is 11.3. The molecule has 3 nitrogen and oxygen atoms in total. The van der Waals surface area contributed by atoms with Gasteiger partial charge in [0.15, 0.2) is 0 Å². The van der Waals surface area contributed by atoms with Crippen molar-refractivity contribution in [1.82, 2.24) is 14.8 Å². The van der Waals surface area contributed by atoms with Crippen molar-refractivity contribution < 1.29 is 4.39 Å². The number of aromatic nitrogens is 3. The summed E-state index contributed by atoms with van der Waals surface area (Å²) in [6.45, 7) is 2.04. The number of rotatable bonds is 3. The molecule has 0 fully saturated rings. The molecule has 24 heavy (non-hydrogen) atoms. The van der Waals surface area contributed by atoms with Gasteiger partial charge in [-0.15, -0.1) is 11.3 Å². The molecule has 0 spiro atoms. The Balaban J connectivity index is 1.95. The summed E-state index contributed by atoms with van der Waals surface area (Å²) >= 11 is 7.42. The van der Waals surface area contributed by atoms with Crippen molar-refractivity contribution in [2.24, 2.45) is 0 Å². The molecule has 3 heterocycles. The monoisotopic (exact) mass is 357 g/mol.